The average Bonchev–Trinajstić information content (AvgIpc) is 2.89. The number of hydrogen-bond acceptors (Lipinski definition) is 6. The number of benzene rings is 2. The Kier molecular flexibility index (Phi) is 10.3. The molecular weight excluding hydrogens is 442 g/mol. The smallest absolute Gasteiger partial charge is 0.362 e. The van der Waals surface area contributed by atoms with Crippen LogP contribution in [0.1, 0.15) is 78.8 Å². The summed E-state index contributed by atoms with van der Waals surface area (Å²) in [5.74, 6) is 0.409. The van der Waals surface area contributed by atoms with Crippen LogP contribution in [0.4, 0.5) is 0 Å². The Morgan fingerprint density at radius 1 is 0.686 bits per heavy atom. The maximum absolute atomic E-state index is 12.4. The summed E-state index contributed by atoms with van der Waals surface area (Å²) in [6.07, 6.45) is 9.42. The highest BCUT2D eigenvalue weighted by Gasteiger charge is 2.12. The van der Waals surface area contributed by atoms with Crippen molar-refractivity contribution in [1.82, 2.24) is 4.98 Å². The molecule has 35 heavy (non-hydrogen) atoms. The molecule has 0 unspecified atom stereocenters. The van der Waals surface area contributed by atoms with E-state index in [1.807, 2.05) is 6.07 Å². The third kappa shape index (κ3) is 8.56. The lowest BCUT2D eigenvalue weighted by atomic mass is 10.1. The molecule has 0 aliphatic rings. The molecular formula is C29H33NO5. The molecule has 0 N–H and O–H groups in total. The number of rotatable bonds is 13. The van der Waals surface area contributed by atoms with Crippen LogP contribution in [-0.4, -0.2) is 23.5 Å². The van der Waals surface area contributed by atoms with Gasteiger partial charge in [-0.1, -0.05) is 45.6 Å². The minimum absolute atomic E-state index is 0.245. The standard InChI is InChI=1S/C29H33NO5/c1-3-5-7-8-20-33-24-13-11-23(12-14-24)28(31)34-25-15-17-26(18-16-25)35-29(32)27-19-10-22(21-30-27)9-6-4-2/h10-19,21H,3-9,20H2,1-2H3. The number of carbonyl (C=O) groups is 2. The average molecular weight is 476 g/mol. The van der Waals surface area contributed by atoms with Crippen molar-refractivity contribution in [3.8, 4) is 17.2 Å². The normalized spacial score (nSPS) is 10.6. The summed E-state index contributed by atoms with van der Waals surface area (Å²) in [6.45, 7) is 4.98. The summed E-state index contributed by atoms with van der Waals surface area (Å²) < 4.78 is 16.5. The number of carbonyl (C=O) groups excluding carboxylic acids is 2. The molecule has 0 aliphatic carbocycles. The number of aromatic nitrogens is 1. The maximum atomic E-state index is 12.4. The number of ether oxygens (including phenoxy) is 3. The van der Waals surface area contributed by atoms with Gasteiger partial charge in [0.1, 0.15) is 22.9 Å². The van der Waals surface area contributed by atoms with E-state index in [1.54, 1.807) is 60.8 Å². The Balaban J connectivity index is 1.48. The first-order valence-electron chi connectivity index (χ1n) is 12.3. The molecule has 1 aromatic heterocycles. The molecule has 1 heterocycles. The van der Waals surface area contributed by atoms with Crippen molar-refractivity contribution in [1.29, 1.82) is 0 Å². The monoisotopic (exact) mass is 475 g/mol. The highest BCUT2D eigenvalue weighted by atomic mass is 16.5. The van der Waals surface area contributed by atoms with E-state index in [-0.39, 0.29) is 5.69 Å². The van der Waals surface area contributed by atoms with Crippen LogP contribution in [-0.2, 0) is 6.42 Å². The van der Waals surface area contributed by atoms with Crippen molar-refractivity contribution in [2.75, 3.05) is 6.61 Å². The molecule has 0 amide bonds. The summed E-state index contributed by atoms with van der Waals surface area (Å²) in [7, 11) is 0. The zero-order chi connectivity index (χ0) is 24.9. The van der Waals surface area contributed by atoms with E-state index < -0.39 is 11.9 Å². The van der Waals surface area contributed by atoms with Gasteiger partial charge in [0.25, 0.3) is 0 Å². The van der Waals surface area contributed by atoms with Crippen molar-refractivity contribution in [2.24, 2.45) is 0 Å². The molecule has 0 bridgehead atoms. The van der Waals surface area contributed by atoms with Crippen LogP contribution >= 0.6 is 0 Å². The van der Waals surface area contributed by atoms with Crippen LogP contribution in [0.15, 0.2) is 66.9 Å². The molecule has 3 rings (SSSR count). The molecule has 0 saturated carbocycles. The first-order chi connectivity index (χ1) is 17.1. The van der Waals surface area contributed by atoms with E-state index in [2.05, 4.69) is 18.8 Å². The lowest BCUT2D eigenvalue weighted by Crippen LogP contribution is -2.11. The second kappa shape index (κ2) is 13.9. The third-order valence-electron chi connectivity index (χ3n) is 5.45. The van der Waals surface area contributed by atoms with Gasteiger partial charge in [0.15, 0.2) is 0 Å². The van der Waals surface area contributed by atoms with Crippen LogP contribution in [0.3, 0.4) is 0 Å². The molecule has 0 atom stereocenters. The van der Waals surface area contributed by atoms with E-state index in [0.29, 0.717) is 23.7 Å². The predicted octanol–water partition coefficient (Wildman–Crippen LogP) is 6.82. The number of esters is 2. The van der Waals surface area contributed by atoms with Gasteiger partial charge in [0.05, 0.1) is 12.2 Å². The van der Waals surface area contributed by atoms with Crippen LogP contribution in [0.2, 0.25) is 0 Å². The minimum Gasteiger partial charge on any atom is -0.494 e. The first-order valence-corrected chi connectivity index (χ1v) is 12.3. The van der Waals surface area contributed by atoms with Gasteiger partial charge in [-0.25, -0.2) is 14.6 Å². The van der Waals surface area contributed by atoms with Crippen molar-refractivity contribution in [2.45, 2.75) is 58.8 Å². The quantitative estimate of drug-likeness (QED) is 0.153. The molecule has 6 heteroatoms. The fourth-order valence-electron chi connectivity index (χ4n) is 3.38. The highest BCUT2D eigenvalue weighted by molar-refractivity contribution is 5.91. The van der Waals surface area contributed by atoms with Gasteiger partial charge in [-0.05, 0) is 79.4 Å². The Morgan fingerprint density at radius 2 is 1.31 bits per heavy atom. The molecule has 0 fully saturated rings. The SMILES string of the molecule is CCCCCCOc1ccc(C(=O)Oc2ccc(OC(=O)c3ccc(CCCC)cn3)cc2)cc1. The lowest BCUT2D eigenvalue weighted by Gasteiger charge is -2.08. The number of unbranched alkanes of at least 4 members (excludes halogenated alkanes) is 4. The van der Waals surface area contributed by atoms with Gasteiger partial charge in [0.2, 0.25) is 0 Å². The second-order valence-corrected chi connectivity index (χ2v) is 8.34. The van der Waals surface area contributed by atoms with Crippen LogP contribution < -0.4 is 14.2 Å². The molecule has 0 saturated heterocycles. The third-order valence-corrected chi connectivity index (χ3v) is 5.45. The van der Waals surface area contributed by atoms with Crippen molar-refractivity contribution in [3.63, 3.8) is 0 Å². The van der Waals surface area contributed by atoms with Gasteiger partial charge < -0.3 is 14.2 Å². The number of pyridine rings is 1. The van der Waals surface area contributed by atoms with Crippen LogP contribution in [0, 0.1) is 0 Å². The van der Waals surface area contributed by atoms with E-state index in [9.17, 15) is 9.59 Å². The Morgan fingerprint density at radius 3 is 1.91 bits per heavy atom. The van der Waals surface area contributed by atoms with Gasteiger partial charge in [-0.15, -0.1) is 0 Å². The van der Waals surface area contributed by atoms with E-state index in [4.69, 9.17) is 14.2 Å². The predicted molar refractivity (Wildman–Crippen MR) is 135 cm³/mol. The molecule has 0 aliphatic heterocycles. The van der Waals surface area contributed by atoms with E-state index >= 15 is 0 Å². The summed E-state index contributed by atoms with van der Waals surface area (Å²) in [5, 5.41) is 0. The molecule has 0 spiro atoms. The summed E-state index contributed by atoms with van der Waals surface area (Å²) in [4.78, 5) is 29.0. The van der Waals surface area contributed by atoms with Crippen molar-refractivity contribution >= 4 is 11.9 Å². The Hall–Kier alpha value is -3.67. The van der Waals surface area contributed by atoms with Gasteiger partial charge >= 0.3 is 11.9 Å². The second-order valence-electron chi connectivity index (χ2n) is 8.34. The molecule has 6 nitrogen and oxygen atoms in total. The molecule has 0 radical (unpaired) electrons. The highest BCUT2D eigenvalue weighted by Crippen LogP contribution is 2.21. The lowest BCUT2D eigenvalue weighted by molar-refractivity contribution is 0.0716. The zero-order valence-corrected chi connectivity index (χ0v) is 20.5. The largest absolute Gasteiger partial charge is 0.494 e. The molecule has 3 aromatic rings. The number of aryl methyl sites for hydroxylation is 1. The van der Waals surface area contributed by atoms with Gasteiger partial charge in [0, 0.05) is 6.20 Å². The fourth-order valence-corrected chi connectivity index (χ4v) is 3.38. The number of hydrogen-bond donors (Lipinski definition) is 0. The van der Waals surface area contributed by atoms with Crippen molar-refractivity contribution in [3.05, 3.63) is 83.7 Å². The van der Waals surface area contributed by atoms with Crippen molar-refractivity contribution < 1.29 is 23.8 Å². The molecule has 2 aromatic carbocycles. The van der Waals surface area contributed by atoms with E-state index in [0.717, 1.165) is 43.4 Å². The van der Waals surface area contributed by atoms with E-state index in [1.165, 1.54) is 12.8 Å². The number of nitrogens with zero attached hydrogens (tertiary/aromatic N) is 1. The van der Waals surface area contributed by atoms with Crippen LogP contribution in [0.25, 0.3) is 0 Å². The van der Waals surface area contributed by atoms with Crippen LogP contribution in [0.5, 0.6) is 17.2 Å². The molecule has 184 valence electrons. The summed E-state index contributed by atoms with van der Waals surface area (Å²) in [6, 6.07) is 16.8. The summed E-state index contributed by atoms with van der Waals surface area (Å²) in [5.41, 5.74) is 1.76. The summed E-state index contributed by atoms with van der Waals surface area (Å²) >= 11 is 0. The zero-order valence-electron chi connectivity index (χ0n) is 20.5. The first kappa shape index (κ1) is 25.9. The van der Waals surface area contributed by atoms with Gasteiger partial charge in [-0.2, -0.15) is 0 Å². The topological polar surface area (TPSA) is 74.7 Å². The fraction of sp³-hybridized carbons (Fsp3) is 0.345. The Labute approximate surface area is 207 Å². The maximum Gasteiger partial charge on any atom is 0.362 e. The Bertz CT molecular complexity index is 1060. The van der Waals surface area contributed by atoms with Gasteiger partial charge in [-0.3, -0.25) is 0 Å². The minimum atomic E-state index is -0.538.